The van der Waals surface area contributed by atoms with Gasteiger partial charge in [-0.15, -0.1) is 0 Å². The maximum atomic E-state index is 12.5. The third-order valence-electron chi connectivity index (χ3n) is 3.43. The van der Waals surface area contributed by atoms with Crippen LogP contribution in [0.25, 0.3) is 0 Å². The van der Waals surface area contributed by atoms with E-state index >= 15 is 0 Å². The van der Waals surface area contributed by atoms with Crippen LogP contribution in [0.5, 0.6) is 0 Å². The molecule has 0 spiro atoms. The zero-order valence-electron chi connectivity index (χ0n) is 11.7. The lowest BCUT2D eigenvalue weighted by Gasteiger charge is -2.20. The molecule has 1 unspecified atom stereocenters. The average Bonchev–Trinajstić information content (AvgIpc) is 2.50. The molecule has 0 bridgehead atoms. The molecular formula is C17H22N2O. The molecule has 0 saturated carbocycles. The van der Waals surface area contributed by atoms with Crippen LogP contribution >= 0.6 is 0 Å². The minimum atomic E-state index is -0.217. The number of allylic oxidation sites excluding steroid dienone is 3. The lowest BCUT2D eigenvalue weighted by Crippen LogP contribution is -2.32. The Hall–Kier alpha value is -1.87. The molecule has 3 nitrogen and oxygen atoms in total. The van der Waals surface area contributed by atoms with Gasteiger partial charge >= 0.3 is 0 Å². The smallest absolute Gasteiger partial charge is 0.231 e. The summed E-state index contributed by atoms with van der Waals surface area (Å²) < 4.78 is 0. The monoisotopic (exact) mass is 270 g/mol. The molecule has 1 aromatic carbocycles. The minimum Gasteiger partial charge on any atom is -0.355 e. The summed E-state index contributed by atoms with van der Waals surface area (Å²) in [4.78, 5) is 12.5. The van der Waals surface area contributed by atoms with Crippen LogP contribution < -0.4 is 11.1 Å². The maximum Gasteiger partial charge on any atom is 0.231 e. The fourth-order valence-corrected chi connectivity index (χ4v) is 2.40. The van der Waals surface area contributed by atoms with Crippen LogP contribution in [0.1, 0.15) is 30.7 Å². The molecule has 0 heterocycles. The summed E-state index contributed by atoms with van der Waals surface area (Å²) in [6.45, 7) is 1.23. The second-order valence-corrected chi connectivity index (χ2v) is 4.96. The molecule has 1 aromatic rings. The van der Waals surface area contributed by atoms with E-state index in [1.54, 1.807) is 0 Å². The third-order valence-corrected chi connectivity index (χ3v) is 3.43. The van der Waals surface area contributed by atoms with Gasteiger partial charge in [-0.1, -0.05) is 48.6 Å². The Morgan fingerprint density at radius 3 is 2.70 bits per heavy atom. The Morgan fingerprint density at radius 1 is 1.25 bits per heavy atom. The SMILES string of the molecule is NCCCNC(=O)C(C1=CCCC=C1)c1ccccc1. The van der Waals surface area contributed by atoms with Crippen molar-refractivity contribution in [3.63, 3.8) is 0 Å². The molecule has 1 amide bonds. The van der Waals surface area contributed by atoms with Crippen LogP contribution in [-0.4, -0.2) is 19.0 Å². The second-order valence-electron chi connectivity index (χ2n) is 4.96. The van der Waals surface area contributed by atoms with E-state index in [0.29, 0.717) is 13.1 Å². The molecular weight excluding hydrogens is 248 g/mol. The van der Waals surface area contributed by atoms with Crippen molar-refractivity contribution in [3.8, 4) is 0 Å². The number of rotatable bonds is 6. The number of nitrogens with one attached hydrogen (secondary N) is 1. The largest absolute Gasteiger partial charge is 0.355 e. The van der Waals surface area contributed by atoms with Gasteiger partial charge in [0.15, 0.2) is 0 Å². The van der Waals surface area contributed by atoms with E-state index in [-0.39, 0.29) is 11.8 Å². The first kappa shape index (κ1) is 14.5. The van der Waals surface area contributed by atoms with Crippen LogP contribution in [-0.2, 0) is 4.79 Å². The first-order valence-corrected chi connectivity index (χ1v) is 7.22. The summed E-state index contributed by atoms with van der Waals surface area (Å²) in [5.74, 6) is -0.159. The molecule has 1 atom stereocenters. The van der Waals surface area contributed by atoms with Crippen molar-refractivity contribution in [2.24, 2.45) is 5.73 Å². The number of hydrogen-bond acceptors (Lipinski definition) is 2. The predicted molar refractivity (Wildman–Crippen MR) is 82.3 cm³/mol. The fraction of sp³-hybridized carbons (Fsp3) is 0.353. The minimum absolute atomic E-state index is 0.0578. The highest BCUT2D eigenvalue weighted by Crippen LogP contribution is 2.28. The Balaban J connectivity index is 2.18. The lowest BCUT2D eigenvalue weighted by molar-refractivity contribution is -0.121. The van der Waals surface area contributed by atoms with Crippen LogP contribution in [0.2, 0.25) is 0 Å². The molecule has 20 heavy (non-hydrogen) atoms. The van der Waals surface area contributed by atoms with Gasteiger partial charge in [-0.2, -0.15) is 0 Å². The Kier molecular flexibility index (Phi) is 5.56. The quantitative estimate of drug-likeness (QED) is 0.780. The van der Waals surface area contributed by atoms with Gasteiger partial charge in [-0.25, -0.2) is 0 Å². The topological polar surface area (TPSA) is 55.1 Å². The summed E-state index contributed by atoms with van der Waals surface area (Å²) >= 11 is 0. The number of nitrogens with two attached hydrogens (primary N) is 1. The van der Waals surface area contributed by atoms with Gasteiger partial charge in [0, 0.05) is 6.54 Å². The third kappa shape index (κ3) is 3.81. The van der Waals surface area contributed by atoms with Crippen LogP contribution in [0, 0.1) is 0 Å². The van der Waals surface area contributed by atoms with Crippen LogP contribution in [0.3, 0.4) is 0 Å². The maximum absolute atomic E-state index is 12.5. The van der Waals surface area contributed by atoms with Gasteiger partial charge in [0.1, 0.15) is 0 Å². The van der Waals surface area contributed by atoms with Gasteiger partial charge in [0.2, 0.25) is 5.91 Å². The summed E-state index contributed by atoms with van der Waals surface area (Å²) in [6, 6.07) is 9.94. The molecule has 3 heteroatoms. The highest BCUT2D eigenvalue weighted by atomic mass is 16.1. The van der Waals surface area contributed by atoms with Crippen molar-refractivity contribution in [1.29, 1.82) is 0 Å². The average molecular weight is 270 g/mol. The molecule has 2 rings (SSSR count). The van der Waals surface area contributed by atoms with Gasteiger partial charge in [-0.3, -0.25) is 4.79 Å². The zero-order chi connectivity index (χ0) is 14.2. The number of hydrogen-bond donors (Lipinski definition) is 2. The molecule has 3 N–H and O–H groups in total. The molecule has 0 aliphatic heterocycles. The Bertz CT molecular complexity index is 491. The van der Waals surface area contributed by atoms with Crippen molar-refractivity contribution in [3.05, 3.63) is 59.7 Å². The summed E-state index contributed by atoms with van der Waals surface area (Å²) in [6.07, 6.45) is 9.25. The first-order valence-electron chi connectivity index (χ1n) is 7.22. The summed E-state index contributed by atoms with van der Waals surface area (Å²) in [5, 5.41) is 2.99. The van der Waals surface area contributed by atoms with E-state index in [9.17, 15) is 4.79 Å². The fourth-order valence-electron chi connectivity index (χ4n) is 2.40. The molecule has 106 valence electrons. The van der Waals surface area contributed by atoms with Crippen molar-refractivity contribution in [2.75, 3.05) is 13.1 Å². The second kappa shape index (κ2) is 7.65. The van der Waals surface area contributed by atoms with E-state index in [1.165, 1.54) is 0 Å². The van der Waals surface area contributed by atoms with Crippen molar-refractivity contribution >= 4 is 5.91 Å². The standard InChI is InChI=1S/C17H22N2O/c18-12-7-13-19-17(20)16(14-8-3-1-4-9-14)15-10-5-2-6-11-15/h1,3-5,8-11,16H,2,6-7,12-13,18H2,(H,19,20). The predicted octanol–water partition coefficient (Wildman–Crippen LogP) is 2.51. The van der Waals surface area contributed by atoms with Crippen molar-refractivity contribution < 1.29 is 4.79 Å². The van der Waals surface area contributed by atoms with E-state index in [2.05, 4.69) is 23.5 Å². The Morgan fingerprint density at radius 2 is 2.05 bits per heavy atom. The van der Waals surface area contributed by atoms with Gasteiger partial charge in [-0.05, 0) is 36.9 Å². The zero-order valence-corrected chi connectivity index (χ0v) is 11.7. The summed E-state index contributed by atoms with van der Waals surface area (Å²) in [7, 11) is 0. The van der Waals surface area contributed by atoms with Gasteiger partial charge < -0.3 is 11.1 Å². The van der Waals surface area contributed by atoms with E-state index in [4.69, 9.17) is 5.73 Å². The van der Waals surface area contributed by atoms with E-state index in [0.717, 1.165) is 30.4 Å². The van der Waals surface area contributed by atoms with Crippen LogP contribution in [0.15, 0.2) is 54.1 Å². The Labute approximate surface area is 120 Å². The van der Waals surface area contributed by atoms with Crippen LogP contribution in [0.4, 0.5) is 0 Å². The highest BCUT2D eigenvalue weighted by molar-refractivity contribution is 5.87. The van der Waals surface area contributed by atoms with Gasteiger partial charge in [0.25, 0.3) is 0 Å². The van der Waals surface area contributed by atoms with Gasteiger partial charge in [0.05, 0.1) is 5.92 Å². The van der Waals surface area contributed by atoms with Crippen molar-refractivity contribution in [1.82, 2.24) is 5.32 Å². The number of benzene rings is 1. The molecule has 0 aromatic heterocycles. The number of amides is 1. The first-order chi connectivity index (χ1) is 9.83. The molecule has 1 aliphatic rings. The molecule has 1 aliphatic carbocycles. The molecule has 0 fully saturated rings. The lowest BCUT2D eigenvalue weighted by atomic mass is 9.87. The normalized spacial score (nSPS) is 15.6. The van der Waals surface area contributed by atoms with E-state index in [1.807, 2.05) is 30.3 Å². The number of carbonyl (C=O) groups excluding carboxylic acids is 1. The molecule has 0 radical (unpaired) electrons. The highest BCUT2D eigenvalue weighted by Gasteiger charge is 2.23. The number of carbonyl (C=O) groups is 1. The molecule has 0 saturated heterocycles. The summed E-state index contributed by atoms with van der Waals surface area (Å²) in [5.41, 5.74) is 7.60. The van der Waals surface area contributed by atoms with E-state index < -0.39 is 0 Å². The van der Waals surface area contributed by atoms with Crippen molar-refractivity contribution in [2.45, 2.75) is 25.2 Å².